The van der Waals surface area contributed by atoms with Crippen LogP contribution in [0, 0.1) is 6.92 Å². The van der Waals surface area contributed by atoms with Crippen LogP contribution in [0.3, 0.4) is 0 Å². The first kappa shape index (κ1) is 30.7. The number of nitrogens with one attached hydrogen (secondary N) is 1. The Morgan fingerprint density at radius 1 is 1.11 bits per heavy atom. The highest BCUT2D eigenvalue weighted by Gasteiger charge is 2.39. The molecule has 2 unspecified atom stereocenters. The molecule has 2 amide bonds. The molecule has 45 heavy (non-hydrogen) atoms. The maximum Gasteiger partial charge on any atom is 0.573 e. The van der Waals surface area contributed by atoms with E-state index >= 15 is 0 Å². The molecule has 2 aliphatic rings. The fourth-order valence-corrected chi connectivity index (χ4v) is 6.43. The van der Waals surface area contributed by atoms with Crippen molar-refractivity contribution < 1.29 is 22.7 Å². The van der Waals surface area contributed by atoms with Gasteiger partial charge in [-0.15, -0.1) is 18.3 Å². The van der Waals surface area contributed by atoms with Gasteiger partial charge in [-0.1, -0.05) is 61.5 Å². The number of anilines is 1. The van der Waals surface area contributed by atoms with Crippen LogP contribution in [0.25, 0.3) is 17.1 Å². The van der Waals surface area contributed by atoms with Crippen molar-refractivity contribution in [1.82, 2.24) is 20.1 Å². The number of aryl methyl sites for hydroxylation is 2. The van der Waals surface area contributed by atoms with E-state index in [4.69, 9.17) is 0 Å². The topological polar surface area (TPSA) is 84.6 Å². The summed E-state index contributed by atoms with van der Waals surface area (Å²) in [5.74, 6) is 1.32. The van der Waals surface area contributed by atoms with Crippen LogP contribution in [-0.4, -0.2) is 50.7 Å². The van der Waals surface area contributed by atoms with E-state index in [2.05, 4.69) is 62.1 Å². The number of alkyl halides is 3. The molecule has 2 heterocycles. The van der Waals surface area contributed by atoms with Crippen LogP contribution in [0.15, 0.2) is 78.0 Å². The summed E-state index contributed by atoms with van der Waals surface area (Å²) in [6, 6.07) is 19.5. The van der Waals surface area contributed by atoms with Gasteiger partial charge in [-0.2, -0.15) is 4.99 Å². The molecule has 6 rings (SSSR count). The number of aliphatic imine (C=N–C) groups is 1. The summed E-state index contributed by atoms with van der Waals surface area (Å²) in [7, 11) is 0. The van der Waals surface area contributed by atoms with Crippen molar-refractivity contribution in [2.75, 3.05) is 17.2 Å². The van der Waals surface area contributed by atoms with E-state index < -0.39 is 6.36 Å². The second kappa shape index (κ2) is 13.0. The molecular formula is C33H33F3N6O2S. The van der Waals surface area contributed by atoms with Crippen LogP contribution in [0.5, 0.6) is 5.75 Å². The number of nitrogens with zero attached hydrogens (tertiary/aromatic N) is 5. The van der Waals surface area contributed by atoms with Crippen molar-refractivity contribution in [3.05, 3.63) is 89.7 Å². The highest BCUT2D eigenvalue weighted by atomic mass is 32.2. The van der Waals surface area contributed by atoms with Gasteiger partial charge < -0.3 is 15.0 Å². The number of halogens is 3. The molecule has 1 saturated carbocycles. The zero-order valence-corrected chi connectivity index (χ0v) is 25.7. The second-order valence-electron chi connectivity index (χ2n) is 11.2. The number of hydrogen-bond acceptors (Lipinski definition) is 5. The van der Waals surface area contributed by atoms with E-state index in [-0.39, 0.29) is 23.7 Å². The van der Waals surface area contributed by atoms with E-state index in [0.717, 1.165) is 60.0 Å². The molecule has 1 aliphatic heterocycles. The number of amides is 2. The summed E-state index contributed by atoms with van der Waals surface area (Å²) >= 11 is 1.63. The minimum absolute atomic E-state index is 0.0194. The molecule has 0 bridgehead atoms. The predicted molar refractivity (Wildman–Crippen MR) is 170 cm³/mol. The molecule has 1 saturated heterocycles. The lowest BCUT2D eigenvalue weighted by molar-refractivity contribution is -0.274. The van der Waals surface area contributed by atoms with E-state index in [9.17, 15) is 18.0 Å². The summed E-state index contributed by atoms with van der Waals surface area (Å²) < 4.78 is 42.7. The zero-order valence-electron chi connectivity index (χ0n) is 24.9. The van der Waals surface area contributed by atoms with Crippen molar-refractivity contribution in [3.63, 3.8) is 0 Å². The lowest BCUT2D eigenvalue weighted by Crippen LogP contribution is -2.36. The van der Waals surface area contributed by atoms with Gasteiger partial charge in [0, 0.05) is 35.5 Å². The number of aromatic nitrogens is 3. The van der Waals surface area contributed by atoms with Gasteiger partial charge in [0.2, 0.25) is 0 Å². The monoisotopic (exact) mass is 634 g/mol. The SMILES string of the molecule is CCCc1ccc(C)cc1N1CCCS/C1=N\C(=O)NC1CC1c1ccc(-c2ncn(-c3ccc(OC(F)(F)F)cc3)n2)cc1. The van der Waals surface area contributed by atoms with Crippen molar-refractivity contribution >= 4 is 28.6 Å². The van der Waals surface area contributed by atoms with Gasteiger partial charge in [0.25, 0.3) is 0 Å². The van der Waals surface area contributed by atoms with Crippen molar-refractivity contribution in [3.8, 4) is 22.8 Å². The molecule has 1 aliphatic carbocycles. The maximum absolute atomic E-state index is 13.0. The van der Waals surface area contributed by atoms with E-state index in [1.807, 2.05) is 24.3 Å². The van der Waals surface area contributed by atoms with Crippen LogP contribution in [0.4, 0.5) is 23.7 Å². The Hall–Kier alpha value is -4.32. The molecular weight excluding hydrogens is 601 g/mol. The largest absolute Gasteiger partial charge is 0.573 e. The number of ether oxygens (including phenoxy) is 1. The highest BCUT2D eigenvalue weighted by molar-refractivity contribution is 8.14. The smallest absolute Gasteiger partial charge is 0.406 e. The number of amidine groups is 1. The lowest BCUT2D eigenvalue weighted by atomic mass is 10.0. The Bertz CT molecular complexity index is 1690. The van der Waals surface area contributed by atoms with E-state index in [0.29, 0.717) is 11.5 Å². The van der Waals surface area contributed by atoms with Crippen molar-refractivity contribution in [1.29, 1.82) is 0 Å². The third-order valence-corrected chi connectivity index (χ3v) is 8.82. The first-order valence-electron chi connectivity index (χ1n) is 14.9. The van der Waals surface area contributed by atoms with Gasteiger partial charge in [-0.25, -0.2) is 14.5 Å². The Morgan fingerprint density at radius 3 is 2.62 bits per heavy atom. The molecule has 2 atom stereocenters. The van der Waals surface area contributed by atoms with Gasteiger partial charge in [0.05, 0.1) is 5.69 Å². The van der Waals surface area contributed by atoms with Crippen molar-refractivity contribution in [2.45, 2.75) is 57.9 Å². The Kier molecular flexibility index (Phi) is 8.84. The summed E-state index contributed by atoms with van der Waals surface area (Å²) in [5.41, 5.74) is 6.07. The Balaban J connectivity index is 1.07. The first-order valence-corrected chi connectivity index (χ1v) is 15.9. The highest BCUT2D eigenvalue weighted by Crippen LogP contribution is 2.41. The fourth-order valence-electron chi connectivity index (χ4n) is 5.48. The standard InChI is InChI=1S/C33H33F3N6O2S/c1-3-5-23-7-6-21(2)18-29(23)41-16-4-17-45-32(41)39-31(43)38-28-19-27(28)22-8-10-24(11-9-22)30-37-20-42(40-30)25-12-14-26(15-13-25)44-33(34,35)36/h6-15,18,20,27-28H,3-5,16-17,19H2,1-2H3,(H,38,43)/b39-32-. The first-order chi connectivity index (χ1) is 21.7. The summed E-state index contributed by atoms with van der Waals surface area (Å²) in [6.07, 6.45) is 0.669. The number of carbonyl (C=O) groups excluding carboxylic acids is 1. The normalized spacial score (nSPS) is 19.0. The minimum Gasteiger partial charge on any atom is -0.406 e. The molecule has 1 aromatic heterocycles. The van der Waals surface area contributed by atoms with Gasteiger partial charge in [-0.3, -0.25) is 0 Å². The van der Waals surface area contributed by atoms with Crippen LogP contribution in [0.1, 0.15) is 48.8 Å². The molecule has 12 heteroatoms. The zero-order chi connectivity index (χ0) is 31.6. The van der Waals surface area contributed by atoms with Crippen LogP contribution in [0.2, 0.25) is 0 Å². The average molecular weight is 635 g/mol. The number of benzene rings is 3. The van der Waals surface area contributed by atoms with Gasteiger partial charge in [0.1, 0.15) is 12.1 Å². The Morgan fingerprint density at radius 2 is 1.89 bits per heavy atom. The van der Waals surface area contributed by atoms with Crippen LogP contribution >= 0.6 is 11.8 Å². The molecule has 4 aromatic rings. The summed E-state index contributed by atoms with van der Waals surface area (Å²) in [4.78, 5) is 24.1. The molecule has 2 fully saturated rings. The number of rotatable bonds is 8. The molecule has 1 N–H and O–H groups in total. The summed E-state index contributed by atoms with van der Waals surface area (Å²) in [5, 5.41) is 8.31. The Labute approximate surface area is 263 Å². The molecule has 0 radical (unpaired) electrons. The van der Waals surface area contributed by atoms with E-state index in [1.54, 1.807) is 11.8 Å². The minimum atomic E-state index is -4.74. The van der Waals surface area contributed by atoms with Crippen molar-refractivity contribution in [2.24, 2.45) is 4.99 Å². The third-order valence-electron chi connectivity index (χ3n) is 7.76. The number of hydrogen-bond donors (Lipinski definition) is 1. The number of thioether (sulfide) groups is 1. The van der Waals surface area contributed by atoms with Gasteiger partial charge >= 0.3 is 12.4 Å². The molecule has 3 aromatic carbocycles. The summed E-state index contributed by atoms with van der Waals surface area (Å²) in [6.45, 7) is 5.10. The third kappa shape index (κ3) is 7.50. The molecule has 8 nitrogen and oxygen atoms in total. The fraction of sp³-hybridized carbons (Fsp3) is 0.333. The maximum atomic E-state index is 13.0. The predicted octanol–water partition coefficient (Wildman–Crippen LogP) is 7.66. The lowest BCUT2D eigenvalue weighted by Gasteiger charge is -2.31. The number of urea groups is 1. The molecule has 234 valence electrons. The van der Waals surface area contributed by atoms with Crippen LogP contribution < -0.4 is 15.0 Å². The quantitative estimate of drug-likeness (QED) is 0.214. The van der Waals surface area contributed by atoms with Gasteiger partial charge in [0.15, 0.2) is 11.0 Å². The average Bonchev–Trinajstić information content (AvgIpc) is 3.59. The van der Waals surface area contributed by atoms with Gasteiger partial charge in [-0.05, 0) is 73.2 Å². The van der Waals surface area contributed by atoms with E-state index in [1.165, 1.54) is 46.4 Å². The van der Waals surface area contributed by atoms with Crippen LogP contribution in [-0.2, 0) is 6.42 Å². The number of carbonyl (C=O) groups is 1. The molecule has 0 spiro atoms. The second-order valence-corrected chi connectivity index (χ2v) is 12.3.